The summed E-state index contributed by atoms with van der Waals surface area (Å²) in [5, 5.41) is 9.30. The predicted octanol–water partition coefficient (Wildman–Crippen LogP) is 3.36. The first-order valence-corrected chi connectivity index (χ1v) is 11.0. The molecule has 1 atom stereocenters. The van der Waals surface area contributed by atoms with E-state index in [2.05, 4.69) is 59.5 Å². The van der Waals surface area contributed by atoms with Crippen molar-refractivity contribution in [2.24, 2.45) is 5.73 Å². The van der Waals surface area contributed by atoms with E-state index in [1.54, 1.807) is 6.07 Å². The molecule has 0 saturated carbocycles. The number of carbonyl (C=O) groups is 1. The number of nitriles is 1. The fraction of sp³-hybridized carbons (Fsp3) is 0.259. The lowest BCUT2D eigenvalue weighted by Gasteiger charge is -2.40. The van der Waals surface area contributed by atoms with Gasteiger partial charge in [-0.3, -0.25) is 9.69 Å². The molecule has 5 nitrogen and oxygen atoms in total. The summed E-state index contributed by atoms with van der Waals surface area (Å²) in [6.07, 6.45) is 0.374. The zero-order chi connectivity index (χ0) is 22.3. The largest absolute Gasteiger partial charge is 0.339 e. The summed E-state index contributed by atoms with van der Waals surface area (Å²) < 4.78 is 0. The molecule has 5 heteroatoms. The van der Waals surface area contributed by atoms with Crippen molar-refractivity contribution in [2.45, 2.75) is 18.5 Å². The summed E-state index contributed by atoms with van der Waals surface area (Å²) in [4.78, 5) is 17.3. The second-order valence-electron chi connectivity index (χ2n) is 8.16. The van der Waals surface area contributed by atoms with E-state index in [4.69, 9.17) is 5.73 Å². The molecule has 0 spiro atoms. The van der Waals surface area contributed by atoms with Crippen molar-refractivity contribution in [3.05, 3.63) is 107 Å². The molecule has 4 rings (SSSR count). The number of carbonyl (C=O) groups excluding carboxylic acids is 1. The molecule has 2 N–H and O–H groups in total. The second-order valence-corrected chi connectivity index (χ2v) is 8.16. The van der Waals surface area contributed by atoms with Gasteiger partial charge < -0.3 is 10.6 Å². The van der Waals surface area contributed by atoms with Gasteiger partial charge >= 0.3 is 0 Å². The standard InChI is InChI=1S/C27H28N4O/c28-20-24-14-8-7-13-23(24)19-25(29)27(32)31-17-15-30(16-18-31)26(21-9-3-1-4-10-21)22-11-5-2-6-12-22/h1-14,25-26H,15-19,29H2. The lowest BCUT2D eigenvalue weighted by atomic mass is 9.96. The molecule has 0 bridgehead atoms. The molecule has 0 radical (unpaired) electrons. The van der Waals surface area contributed by atoms with Crippen LogP contribution in [-0.4, -0.2) is 47.9 Å². The van der Waals surface area contributed by atoms with E-state index < -0.39 is 6.04 Å². The van der Waals surface area contributed by atoms with Gasteiger partial charge in [-0.15, -0.1) is 0 Å². The molecule has 1 fully saturated rings. The number of benzene rings is 3. The summed E-state index contributed by atoms with van der Waals surface area (Å²) >= 11 is 0. The Hall–Kier alpha value is -3.46. The van der Waals surface area contributed by atoms with Crippen molar-refractivity contribution in [1.29, 1.82) is 5.26 Å². The van der Waals surface area contributed by atoms with E-state index >= 15 is 0 Å². The highest BCUT2D eigenvalue weighted by atomic mass is 16.2. The van der Waals surface area contributed by atoms with Gasteiger partial charge in [-0.25, -0.2) is 0 Å². The molecule has 162 valence electrons. The number of piperazine rings is 1. The Labute approximate surface area is 189 Å². The minimum absolute atomic E-state index is 0.0478. The highest BCUT2D eigenvalue weighted by Gasteiger charge is 2.30. The Kier molecular flexibility index (Phi) is 6.96. The molecular weight excluding hydrogens is 396 g/mol. The van der Waals surface area contributed by atoms with Crippen LogP contribution in [0.4, 0.5) is 0 Å². The summed E-state index contributed by atoms with van der Waals surface area (Å²) in [7, 11) is 0. The molecule has 32 heavy (non-hydrogen) atoms. The fourth-order valence-electron chi connectivity index (χ4n) is 4.45. The van der Waals surface area contributed by atoms with E-state index in [-0.39, 0.29) is 11.9 Å². The zero-order valence-electron chi connectivity index (χ0n) is 18.1. The van der Waals surface area contributed by atoms with Crippen LogP contribution in [-0.2, 0) is 11.2 Å². The molecule has 1 aliphatic heterocycles. The molecule has 1 saturated heterocycles. The van der Waals surface area contributed by atoms with E-state index in [0.717, 1.165) is 18.7 Å². The maximum absolute atomic E-state index is 13.0. The maximum Gasteiger partial charge on any atom is 0.239 e. The molecule has 0 aliphatic carbocycles. The van der Waals surface area contributed by atoms with Gasteiger partial charge in [-0.1, -0.05) is 78.9 Å². The molecule has 1 amide bonds. The van der Waals surface area contributed by atoms with Crippen molar-refractivity contribution >= 4 is 5.91 Å². The number of hydrogen-bond donors (Lipinski definition) is 1. The highest BCUT2D eigenvalue weighted by Crippen LogP contribution is 2.29. The van der Waals surface area contributed by atoms with E-state index in [9.17, 15) is 10.1 Å². The Bertz CT molecular complexity index is 1030. The molecule has 1 unspecified atom stereocenters. The van der Waals surface area contributed by atoms with Gasteiger partial charge in [0.1, 0.15) is 0 Å². The minimum atomic E-state index is -0.643. The van der Waals surface area contributed by atoms with Gasteiger partial charge in [0.2, 0.25) is 5.91 Å². The Morgan fingerprint density at radius 1 is 0.844 bits per heavy atom. The number of nitrogens with two attached hydrogens (primary N) is 1. The van der Waals surface area contributed by atoms with E-state index in [0.29, 0.717) is 25.1 Å². The van der Waals surface area contributed by atoms with Crippen LogP contribution in [0.5, 0.6) is 0 Å². The minimum Gasteiger partial charge on any atom is -0.339 e. The SMILES string of the molecule is N#Cc1ccccc1CC(N)C(=O)N1CCN(C(c2ccccc2)c2ccccc2)CC1. The highest BCUT2D eigenvalue weighted by molar-refractivity contribution is 5.82. The molecule has 0 aromatic heterocycles. The average Bonchev–Trinajstić information content (AvgIpc) is 2.86. The van der Waals surface area contributed by atoms with Crippen LogP contribution in [0.3, 0.4) is 0 Å². The Morgan fingerprint density at radius 2 is 1.38 bits per heavy atom. The van der Waals surface area contributed by atoms with E-state index in [1.165, 1.54) is 11.1 Å². The average molecular weight is 425 g/mol. The Balaban J connectivity index is 1.43. The second kappa shape index (κ2) is 10.2. The first-order valence-electron chi connectivity index (χ1n) is 11.0. The van der Waals surface area contributed by atoms with Crippen molar-refractivity contribution in [2.75, 3.05) is 26.2 Å². The molecule has 3 aromatic rings. The van der Waals surface area contributed by atoms with Crippen molar-refractivity contribution in [1.82, 2.24) is 9.80 Å². The summed E-state index contributed by atoms with van der Waals surface area (Å²) in [6, 6.07) is 30.0. The molecule has 1 aliphatic rings. The van der Waals surface area contributed by atoms with Crippen molar-refractivity contribution in [3.63, 3.8) is 0 Å². The quantitative estimate of drug-likeness (QED) is 0.659. The van der Waals surface area contributed by atoms with E-state index in [1.807, 2.05) is 35.2 Å². The fourth-order valence-corrected chi connectivity index (χ4v) is 4.45. The van der Waals surface area contributed by atoms with Crippen LogP contribution in [0.2, 0.25) is 0 Å². The van der Waals surface area contributed by atoms with Crippen molar-refractivity contribution < 1.29 is 4.79 Å². The van der Waals surface area contributed by atoms with Crippen LogP contribution in [0.1, 0.15) is 28.3 Å². The number of rotatable bonds is 6. The first kappa shape index (κ1) is 21.8. The number of nitrogens with zero attached hydrogens (tertiary/aromatic N) is 3. The predicted molar refractivity (Wildman–Crippen MR) is 126 cm³/mol. The summed E-state index contributed by atoms with van der Waals surface area (Å²) in [5.74, 6) is -0.0478. The molecule has 3 aromatic carbocycles. The summed E-state index contributed by atoms with van der Waals surface area (Å²) in [6.45, 7) is 2.84. The normalized spacial score (nSPS) is 15.3. The van der Waals surface area contributed by atoms with Gasteiger partial charge in [0.05, 0.1) is 23.7 Å². The third kappa shape index (κ3) is 4.88. The van der Waals surface area contributed by atoms with Gasteiger partial charge in [-0.05, 0) is 29.2 Å². The number of amides is 1. The van der Waals surface area contributed by atoms with Crippen LogP contribution in [0.25, 0.3) is 0 Å². The maximum atomic E-state index is 13.0. The zero-order valence-corrected chi connectivity index (χ0v) is 18.1. The third-order valence-electron chi connectivity index (χ3n) is 6.12. The molecule has 1 heterocycles. The van der Waals surface area contributed by atoms with Crippen molar-refractivity contribution in [3.8, 4) is 6.07 Å². The van der Waals surface area contributed by atoms with Crippen LogP contribution >= 0.6 is 0 Å². The van der Waals surface area contributed by atoms with Crippen LogP contribution in [0.15, 0.2) is 84.9 Å². The van der Waals surface area contributed by atoms with Crippen LogP contribution in [0, 0.1) is 11.3 Å². The van der Waals surface area contributed by atoms with Gasteiger partial charge in [0.25, 0.3) is 0 Å². The number of hydrogen-bond acceptors (Lipinski definition) is 4. The molecular formula is C27H28N4O. The monoisotopic (exact) mass is 424 g/mol. The van der Waals surface area contributed by atoms with Gasteiger partial charge in [0.15, 0.2) is 0 Å². The lowest BCUT2D eigenvalue weighted by molar-refractivity contribution is -0.134. The third-order valence-corrected chi connectivity index (χ3v) is 6.12. The lowest BCUT2D eigenvalue weighted by Crippen LogP contribution is -2.54. The first-order chi connectivity index (χ1) is 15.7. The summed E-state index contributed by atoms with van der Waals surface area (Å²) in [5.41, 5.74) is 10.2. The smallest absolute Gasteiger partial charge is 0.239 e. The van der Waals surface area contributed by atoms with Crippen LogP contribution < -0.4 is 5.73 Å². The topological polar surface area (TPSA) is 73.4 Å². The van der Waals surface area contributed by atoms with Gasteiger partial charge in [0, 0.05) is 26.2 Å². The Morgan fingerprint density at radius 3 is 1.94 bits per heavy atom. The van der Waals surface area contributed by atoms with Gasteiger partial charge in [-0.2, -0.15) is 5.26 Å².